The van der Waals surface area contributed by atoms with Crippen molar-refractivity contribution in [2.24, 2.45) is 5.41 Å². The lowest BCUT2D eigenvalue weighted by Crippen LogP contribution is -2.49. The third-order valence-electron chi connectivity index (χ3n) is 3.78. The van der Waals surface area contributed by atoms with Crippen molar-refractivity contribution in [1.29, 1.82) is 5.26 Å². The number of hydrogen-bond acceptors (Lipinski definition) is 2. The van der Waals surface area contributed by atoms with E-state index in [1.807, 2.05) is 30.3 Å². The Morgan fingerprint density at radius 2 is 2.00 bits per heavy atom. The number of terminal acetylenes is 1. The number of nitriles is 1. The minimum atomic E-state index is -0.915. The van der Waals surface area contributed by atoms with Crippen molar-refractivity contribution in [2.75, 3.05) is 7.11 Å². The van der Waals surface area contributed by atoms with Gasteiger partial charge in [-0.15, -0.1) is 6.42 Å². The van der Waals surface area contributed by atoms with Gasteiger partial charge < -0.3 is 4.74 Å². The molecule has 1 atom stereocenters. The van der Waals surface area contributed by atoms with Crippen molar-refractivity contribution < 1.29 is 4.74 Å². The van der Waals surface area contributed by atoms with E-state index >= 15 is 0 Å². The summed E-state index contributed by atoms with van der Waals surface area (Å²) in [5.41, 5.74) is -0.592. The van der Waals surface area contributed by atoms with Crippen LogP contribution in [0.25, 0.3) is 0 Å². The van der Waals surface area contributed by atoms with E-state index in [1.165, 1.54) is 0 Å². The molecule has 1 aliphatic carbocycles. The van der Waals surface area contributed by atoms with Crippen molar-refractivity contribution in [3.8, 4) is 18.4 Å². The van der Waals surface area contributed by atoms with Gasteiger partial charge in [-0.2, -0.15) is 5.26 Å². The highest BCUT2D eigenvalue weighted by molar-refractivity contribution is 5.39. The van der Waals surface area contributed by atoms with Crippen LogP contribution in [0.4, 0.5) is 0 Å². The van der Waals surface area contributed by atoms with Gasteiger partial charge in [-0.1, -0.05) is 36.3 Å². The molecule has 86 valence electrons. The molecule has 17 heavy (non-hydrogen) atoms. The summed E-state index contributed by atoms with van der Waals surface area (Å²) < 4.78 is 5.61. The first-order chi connectivity index (χ1) is 8.24. The number of ether oxygens (including phenoxy) is 1. The summed E-state index contributed by atoms with van der Waals surface area (Å²) in [5.74, 6) is 2.73. The van der Waals surface area contributed by atoms with Crippen LogP contribution in [-0.2, 0) is 10.3 Å². The van der Waals surface area contributed by atoms with Crippen molar-refractivity contribution in [3.05, 3.63) is 35.9 Å². The second-order valence-electron chi connectivity index (χ2n) is 4.44. The third-order valence-corrected chi connectivity index (χ3v) is 3.78. The van der Waals surface area contributed by atoms with Gasteiger partial charge in [0.15, 0.2) is 5.60 Å². The monoisotopic (exact) mass is 225 g/mol. The zero-order valence-electron chi connectivity index (χ0n) is 9.94. The molecule has 2 nitrogen and oxygen atoms in total. The summed E-state index contributed by atoms with van der Waals surface area (Å²) >= 11 is 0. The zero-order chi connectivity index (χ0) is 12.4. The molecule has 0 spiro atoms. The van der Waals surface area contributed by atoms with E-state index in [0.717, 1.165) is 24.8 Å². The van der Waals surface area contributed by atoms with Crippen LogP contribution in [-0.4, -0.2) is 7.11 Å². The zero-order valence-corrected chi connectivity index (χ0v) is 9.94. The Balaban J connectivity index is 2.56. The van der Waals surface area contributed by atoms with Crippen LogP contribution < -0.4 is 0 Å². The number of benzene rings is 1. The Labute approximate surface area is 102 Å². The summed E-state index contributed by atoms with van der Waals surface area (Å²) in [6.07, 6.45) is 8.33. The number of methoxy groups -OCH3 is 1. The van der Waals surface area contributed by atoms with Crippen LogP contribution in [0.1, 0.15) is 24.8 Å². The maximum Gasteiger partial charge on any atom is 0.171 e. The summed E-state index contributed by atoms with van der Waals surface area (Å²) in [7, 11) is 1.59. The van der Waals surface area contributed by atoms with Gasteiger partial charge in [0.05, 0.1) is 6.07 Å². The summed E-state index contributed by atoms with van der Waals surface area (Å²) in [5, 5.41) is 9.47. The Morgan fingerprint density at radius 1 is 1.35 bits per heavy atom. The van der Waals surface area contributed by atoms with E-state index < -0.39 is 11.0 Å². The average Bonchev–Trinajstić information content (AvgIpc) is 2.35. The quantitative estimate of drug-likeness (QED) is 0.741. The predicted molar refractivity (Wildman–Crippen MR) is 65.9 cm³/mol. The molecule has 1 saturated carbocycles. The van der Waals surface area contributed by atoms with Crippen molar-refractivity contribution in [3.63, 3.8) is 0 Å². The van der Waals surface area contributed by atoms with E-state index in [1.54, 1.807) is 7.11 Å². The topological polar surface area (TPSA) is 33.0 Å². The van der Waals surface area contributed by atoms with Crippen LogP contribution in [0.5, 0.6) is 0 Å². The molecule has 1 aliphatic rings. The van der Waals surface area contributed by atoms with Gasteiger partial charge in [0, 0.05) is 7.11 Å². The first-order valence-electron chi connectivity index (χ1n) is 5.74. The molecule has 0 amide bonds. The molecular formula is C15H15NO. The summed E-state index contributed by atoms with van der Waals surface area (Å²) in [6, 6.07) is 12.0. The molecule has 2 rings (SSSR count). The van der Waals surface area contributed by atoms with E-state index in [-0.39, 0.29) is 0 Å². The molecule has 0 aromatic heterocycles. The van der Waals surface area contributed by atoms with Gasteiger partial charge >= 0.3 is 0 Å². The Morgan fingerprint density at radius 3 is 2.35 bits per heavy atom. The minimum Gasteiger partial charge on any atom is -0.360 e. The smallest absolute Gasteiger partial charge is 0.171 e. The number of rotatable bonds is 3. The number of hydrogen-bond donors (Lipinski definition) is 0. The standard InChI is InChI=1S/C15H15NO/c1-3-15(17-2,13-8-5-4-6-9-13)14(12-16)10-7-11-14/h1,4-6,8-9H,7,10-11H2,2H3/t15-/m0/s1. The molecule has 1 aromatic rings. The second-order valence-corrected chi connectivity index (χ2v) is 4.44. The van der Waals surface area contributed by atoms with Gasteiger partial charge in [-0.25, -0.2) is 0 Å². The van der Waals surface area contributed by atoms with Crippen molar-refractivity contribution in [1.82, 2.24) is 0 Å². The maximum absolute atomic E-state index is 9.47. The lowest BCUT2D eigenvalue weighted by molar-refractivity contribution is -0.0842. The lowest BCUT2D eigenvalue weighted by Gasteiger charge is -2.47. The van der Waals surface area contributed by atoms with Gasteiger partial charge in [0.25, 0.3) is 0 Å². The van der Waals surface area contributed by atoms with E-state index in [4.69, 9.17) is 11.2 Å². The normalized spacial score (nSPS) is 20.4. The fourth-order valence-electron chi connectivity index (χ4n) is 2.62. The van der Waals surface area contributed by atoms with Crippen molar-refractivity contribution in [2.45, 2.75) is 24.9 Å². The third kappa shape index (κ3) is 1.46. The molecule has 1 fully saturated rings. The fourth-order valence-corrected chi connectivity index (χ4v) is 2.62. The summed E-state index contributed by atoms with van der Waals surface area (Å²) in [4.78, 5) is 0. The minimum absolute atomic E-state index is 0.572. The van der Waals surface area contributed by atoms with E-state index in [2.05, 4.69) is 12.0 Å². The Kier molecular flexibility index (Phi) is 2.92. The van der Waals surface area contributed by atoms with Crippen LogP contribution in [0.2, 0.25) is 0 Å². The molecule has 0 aliphatic heterocycles. The summed E-state index contributed by atoms with van der Waals surface area (Å²) in [6.45, 7) is 0. The second kappa shape index (κ2) is 4.24. The highest BCUT2D eigenvalue weighted by Crippen LogP contribution is 2.54. The van der Waals surface area contributed by atoms with Crippen LogP contribution in [0.3, 0.4) is 0 Å². The predicted octanol–water partition coefficient (Wildman–Crippen LogP) is 2.86. The van der Waals surface area contributed by atoms with Gasteiger partial charge in [-0.05, 0) is 24.8 Å². The van der Waals surface area contributed by atoms with E-state index in [0.29, 0.717) is 0 Å². The van der Waals surface area contributed by atoms with Crippen LogP contribution in [0, 0.1) is 29.1 Å². The number of nitrogens with zero attached hydrogens (tertiary/aromatic N) is 1. The molecule has 0 N–H and O–H groups in total. The van der Waals surface area contributed by atoms with Crippen LogP contribution in [0.15, 0.2) is 30.3 Å². The van der Waals surface area contributed by atoms with Gasteiger partial charge in [0.2, 0.25) is 0 Å². The van der Waals surface area contributed by atoms with Gasteiger partial charge in [0.1, 0.15) is 5.41 Å². The Bertz CT molecular complexity index is 476. The largest absolute Gasteiger partial charge is 0.360 e. The van der Waals surface area contributed by atoms with E-state index in [9.17, 15) is 5.26 Å². The molecule has 0 saturated heterocycles. The molecular weight excluding hydrogens is 210 g/mol. The molecule has 0 unspecified atom stereocenters. The first-order valence-corrected chi connectivity index (χ1v) is 5.74. The molecule has 1 aromatic carbocycles. The average molecular weight is 225 g/mol. The molecule has 2 heteroatoms. The van der Waals surface area contributed by atoms with Crippen molar-refractivity contribution >= 4 is 0 Å². The van der Waals surface area contributed by atoms with Gasteiger partial charge in [-0.3, -0.25) is 0 Å². The molecule has 0 heterocycles. The first kappa shape index (κ1) is 11.7. The SMILES string of the molecule is C#C[C@](OC)(c1ccccc1)C1(C#N)CCC1. The highest BCUT2D eigenvalue weighted by atomic mass is 16.5. The Hall–Kier alpha value is -1.77. The molecule has 0 bridgehead atoms. The van der Waals surface area contributed by atoms with Crippen LogP contribution >= 0.6 is 0 Å². The highest BCUT2D eigenvalue weighted by Gasteiger charge is 2.56. The lowest BCUT2D eigenvalue weighted by atomic mass is 9.57. The molecule has 0 radical (unpaired) electrons. The maximum atomic E-state index is 9.47. The fraction of sp³-hybridized carbons (Fsp3) is 0.400.